The number of amides is 1. The van der Waals surface area contributed by atoms with Crippen molar-refractivity contribution < 1.29 is 13.9 Å². The van der Waals surface area contributed by atoms with E-state index in [0.717, 1.165) is 0 Å². The molecule has 0 aliphatic rings. The summed E-state index contributed by atoms with van der Waals surface area (Å²) in [5.41, 5.74) is 2.81. The number of para-hydroxylation sites is 1. The maximum Gasteiger partial charge on any atom is 0.257 e. The second kappa shape index (κ2) is 6.03. The molecule has 20 heavy (non-hydrogen) atoms. The van der Waals surface area contributed by atoms with E-state index in [-0.39, 0.29) is 11.3 Å². The molecule has 0 unspecified atom stereocenters. The van der Waals surface area contributed by atoms with Gasteiger partial charge in [-0.3, -0.25) is 10.6 Å². The number of hydrogen-bond acceptors (Lipinski definition) is 4. The predicted octanol–water partition coefficient (Wildman–Crippen LogP) is 2.37. The van der Waals surface area contributed by atoms with Gasteiger partial charge in [0.05, 0.1) is 18.4 Å². The minimum Gasteiger partial charge on any atom is -0.497 e. The fourth-order valence-corrected chi connectivity index (χ4v) is 1.76. The van der Waals surface area contributed by atoms with Gasteiger partial charge in [0.2, 0.25) is 0 Å². The molecule has 0 atom stereocenters. The smallest absolute Gasteiger partial charge is 0.257 e. The van der Waals surface area contributed by atoms with Crippen LogP contribution in [0.15, 0.2) is 42.5 Å². The first-order valence-electron chi connectivity index (χ1n) is 5.86. The molecule has 0 aromatic heterocycles. The van der Waals surface area contributed by atoms with Gasteiger partial charge in [-0.15, -0.1) is 0 Å². The quantitative estimate of drug-likeness (QED) is 0.591. The van der Waals surface area contributed by atoms with E-state index < -0.39 is 11.7 Å². The molecule has 0 aliphatic carbocycles. The third-order valence-corrected chi connectivity index (χ3v) is 2.73. The van der Waals surface area contributed by atoms with Crippen molar-refractivity contribution in [2.24, 2.45) is 5.84 Å². The maximum atomic E-state index is 13.5. The topological polar surface area (TPSA) is 76.4 Å². The molecule has 0 fully saturated rings. The van der Waals surface area contributed by atoms with E-state index in [9.17, 15) is 9.18 Å². The van der Waals surface area contributed by atoms with Gasteiger partial charge in [-0.05, 0) is 24.3 Å². The van der Waals surface area contributed by atoms with Crippen molar-refractivity contribution in [1.29, 1.82) is 0 Å². The summed E-state index contributed by atoms with van der Waals surface area (Å²) in [5, 5.41) is 2.65. The summed E-state index contributed by atoms with van der Waals surface area (Å²) in [7, 11) is 1.53. The first-order chi connectivity index (χ1) is 9.65. The first kappa shape index (κ1) is 13.8. The number of anilines is 2. The standard InChI is InChI=1S/C14H14FN3O2/c1-20-10-5-2-4-9(8-10)17-14(19)11-6-3-7-12(15)13(11)18-16/h2-8,18H,16H2,1H3,(H,17,19). The van der Waals surface area contributed by atoms with E-state index in [1.54, 1.807) is 24.3 Å². The van der Waals surface area contributed by atoms with Crippen molar-refractivity contribution in [2.75, 3.05) is 17.9 Å². The number of rotatable bonds is 4. The van der Waals surface area contributed by atoms with Crippen LogP contribution >= 0.6 is 0 Å². The molecule has 0 aliphatic heterocycles. The van der Waals surface area contributed by atoms with Crippen molar-refractivity contribution in [3.63, 3.8) is 0 Å². The average molecular weight is 275 g/mol. The Bertz CT molecular complexity index is 632. The maximum absolute atomic E-state index is 13.5. The van der Waals surface area contributed by atoms with E-state index in [1.165, 1.54) is 25.3 Å². The summed E-state index contributed by atoms with van der Waals surface area (Å²) in [4.78, 5) is 12.1. The van der Waals surface area contributed by atoms with Gasteiger partial charge in [-0.1, -0.05) is 12.1 Å². The zero-order chi connectivity index (χ0) is 14.5. The fourth-order valence-electron chi connectivity index (χ4n) is 1.76. The summed E-state index contributed by atoms with van der Waals surface area (Å²) >= 11 is 0. The fraction of sp³-hybridized carbons (Fsp3) is 0.0714. The number of benzene rings is 2. The van der Waals surface area contributed by atoms with Crippen molar-refractivity contribution in [2.45, 2.75) is 0 Å². The summed E-state index contributed by atoms with van der Waals surface area (Å²) in [6.07, 6.45) is 0. The van der Waals surface area contributed by atoms with Gasteiger partial charge in [-0.25, -0.2) is 4.39 Å². The normalized spacial score (nSPS) is 9.95. The third kappa shape index (κ3) is 2.86. The number of hydrazine groups is 1. The number of ether oxygens (including phenoxy) is 1. The highest BCUT2D eigenvalue weighted by molar-refractivity contribution is 6.08. The Labute approximate surface area is 115 Å². The molecule has 4 N–H and O–H groups in total. The molecule has 2 rings (SSSR count). The molecule has 2 aromatic carbocycles. The minimum absolute atomic E-state index is 0.0482. The van der Waals surface area contributed by atoms with Gasteiger partial charge in [-0.2, -0.15) is 0 Å². The van der Waals surface area contributed by atoms with Crippen LogP contribution in [0.5, 0.6) is 5.75 Å². The monoisotopic (exact) mass is 275 g/mol. The van der Waals surface area contributed by atoms with Gasteiger partial charge in [0, 0.05) is 11.8 Å². The lowest BCUT2D eigenvalue weighted by Crippen LogP contribution is -2.18. The number of methoxy groups -OCH3 is 1. The molecule has 0 saturated carbocycles. The van der Waals surface area contributed by atoms with Crippen LogP contribution < -0.4 is 21.3 Å². The van der Waals surface area contributed by atoms with E-state index >= 15 is 0 Å². The predicted molar refractivity (Wildman–Crippen MR) is 75.2 cm³/mol. The van der Waals surface area contributed by atoms with Crippen LogP contribution in [0, 0.1) is 5.82 Å². The van der Waals surface area contributed by atoms with Crippen molar-refractivity contribution in [3.8, 4) is 5.75 Å². The van der Waals surface area contributed by atoms with E-state index in [1.807, 2.05) is 0 Å². The van der Waals surface area contributed by atoms with Crippen molar-refractivity contribution >= 4 is 17.3 Å². The lowest BCUT2D eigenvalue weighted by Gasteiger charge is -2.11. The minimum atomic E-state index is -0.592. The number of carbonyl (C=O) groups is 1. The van der Waals surface area contributed by atoms with Gasteiger partial charge < -0.3 is 15.5 Å². The highest BCUT2D eigenvalue weighted by Crippen LogP contribution is 2.21. The molecule has 5 nitrogen and oxygen atoms in total. The zero-order valence-corrected chi connectivity index (χ0v) is 10.8. The summed E-state index contributed by atoms with van der Waals surface area (Å²) in [5.74, 6) is 4.79. The first-order valence-corrected chi connectivity index (χ1v) is 5.86. The van der Waals surface area contributed by atoms with Crippen LogP contribution in [-0.4, -0.2) is 13.0 Å². The average Bonchev–Trinajstić information content (AvgIpc) is 2.47. The Morgan fingerprint density at radius 3 is 2.70 bits per heavy atom. The summed E-state index contributed by atoms with van der Waals surface area (Å²) in [6.45, 7) is 0. The van der Waals surface area contributed by atoms with Crippen LogP contribution in [0.3, 0.4) is 0 Å². The molecule has 0 bridgehead atoms. The number of halogens is 1. The molecular formula is C14H14FN3O2. The van der Waals surface area contributed by atoms with Crippen molar-refractivity contribution in [1.82, 2.24) is 0 Å². The third-order valence-electron chi connectivity index (χ3n) is 2.73. The molecule has 6 heteroatoms. The Morgan fingerprint density at radius 1 is 1.25 bits per heavy atom. The number of hydrogen-bond donors (Lipinski definition) is 3. The number of nitrogens with two attached hydrogens (primary N) is 1. The highest BCUT2D eigenvalue weighted by atomic mass is 19.1. The van der Waals surface area contributed by atoms with Crippen molar-refractivity contribution in [3.05, 3.63) is 53.8 Å². The number of carbonyl (C=O) groups excluding carboxylic acids is 1. The molecule has 2 aromatic rings. The second-order valence-corrected chi connectivity index (χ2v) is 3.99. The molecule has 0 saturated heterocycles. The SMILES string of the molecule is COc1cccc(NC(=O)c2cccc(F)c2NN)c1. The zero-order valence-electron chi connectivity index (χ0n) is 10.8. The summed E-state index contributed by atoms with van der Waals surface area (Å²) in [6, 6.07) is 11.0. The lowest BCUT2D eigenvalue weighted by molar-refractivity contribution is 0.102. The van der Waals surface area contributed by atoms with Crippen LogP contribution in [0.25, 0.3) is 0 Å². The molecule has 0 heterocycles. The molecule has 104 valence electrons. The Balaban J connectivity index is 2.26. The highest BCUT2D eigenvalue weighted by Gasteiger charge is 2.14. The Kier molecular flexibility index (Phi) is 4.17. The summed E-state index contributed by atoms with van der Waals surface area (Å²) < 4.78 is 18.6. The van der Waals surface area contributed by atoms with Crippen LogP contribution in [0.4, 0.5) is 15.8 Å². The Hall–Kier alpha value is -2.60. The van der Waals surface area contributed by atoms with Gasteiger partial charge in [0.25, 0.3) is 5.91 Å². The van der Waals surface area contributed by atoms with Crippen LogP contribution in [0.1, 0.15) is 10.4 Å². The number of nitrogen functional groups attached to an aromatic ring is 1. The molecule has 1 amide bonds. The lowest BCUT2D eigenvalue weighted by atomic mass is 10.1. The van der Waals surface area contributed by atoms with Gasteiger partial charge in [0.1, 0.15) is 11.6 Å². The molecule has 0 radical (unpaired) electrons. The van der Waals surface area contributed by atoms with E-state index in [0.29, 0.717) is 11.4 Å². The van der Waals surface area contributed by atoms with Crippen LogP contribution in [-0.2, 0) is 0 Å². The largest absolute Gasteiger partial charge is 0.497 e. The van der Waals surface area contributed by atoms with Gasteiger partial charge in [0.15, 0.2) is 0 Å². The molecular weight excluding hydrogens is 261 g/mol. The molecule has 0 spiro atoms. The number of nitrogens with one attached hydrogen (secondary N) is 2. The van der Waals surface area contributed by atoms with E-state index in [2.05, 4.69) is 10.7 Å². The second-order valence-electron chi connectivity index (χ2n) is 3.99. The van der Waals surface area contributed by atoms with Gasteiger partial charge >= 0.3 is 0 Å². The Morgan fingerprint density at radius 2 is 2.00 bits per heavy atom. The van der Waals surface area contributed by atoms with E-state index in [4.69, 9.17) is 10.6 Å². The van der Waals surface area contributed by atoms with Crippen LogP contribution in [0.2, 0.25) is 0 Å².